The summed E-state index contributed by atoms with van der Waals surface area (Å²) in [5.41, 5.74) is 0.695. The van der Waals surface area contributed by atoms with Crippen LogP contribution in [0.1, 0.15) is 12.6 Å². The number of amides is 1. The van der Waals surface area contributed by atoms with Gasteiger partial charge in [0.2, 0.25) is 5.91 Å². The maximum atomic E-state index is 12.0. The zero-order chi connectivity index (χ0) is 13.0. The number of hydrogen-bond donors (Lipinski definition) is 1. The first-order valence-electron chi connectivity index (χ1n) is 6.08. The second-order valence-electron chi connectivity index (χ2n) is 4.40. The van der Waals surface area contributed by atoms with Crippen molar-refractivity contribution < 1.29 is 14.6 Å². The first-order chi connectivity index (χ1) is 8.69. The first-order valence-corrected chi connectivity index (χ1v) is 6.08. The smallest absolute Gasteiger partial charge is 0.244 e. The molecule has 0 aromatic carbocycles. The Bertz CT molecular complexity index is 407. The summed E-state index contributed by atoms with van der Waals surface area (Å²) in [5, 5.41) is 16.5. The maximum Gasteiger partial charge on any atom is 0.244 e. The maximum absolute atomic E-state index is 12.0. The molecular weight excluding hydrogens is 236 g/mol. The second-order valence-corrected chi connectivity index (χ2v) is 4.40. The molecule has 1 atom stereocenters. The van der Waals surface area contributed by atoms with Gasteiger partial charge in [0, 0.05) is 32.3 Å². The Kier molecular flexibility index (Phi) is 4.27. The molecule has 2 rings (SSSR count). The summed E-state index contributed by atoms with van der Waals surface area (Å²) >= 11 is 0. The molecule has 0 radical (unpaired) electrons. The fourth-order valence-electron chi connectivity index (χ4n) is 1.93. The van der Waals surface area contributed by atoms with Crippen molar-refractivity contribution in [2.45, 2.75) is 26.0 Å². The molecular formula is C11H18N4O3. The van der Waals surface area contributed by atoms with Crippen molar-refractivity contribution in [2.24, 2.45) is 0 Å². The van der Waals surface area contributed by atoms with E-state index in [4.69, 9.17) is 9.84 Å². The Labute approximate surface area is 105 Å². The Balaban J connectivity index is 1.89. The van der Waals surface area contributed by atoms with E-state index in [0.717, 1.165) is 0 Å². The van der Waals surface area contributed by atoms with Gasteiger partial charge in [-0.1, -0.05) is 5.21 Å². The summed E-state index contributed by atoms with van der Waals surface area (Å²) in [7, 11) is 0. The molecule has 0 spiro atoms. The molecule has 2 heterocycles. The molecule has 18 heavy (non-hydrogen) atoms. The van der Waals surface area contributed by atoms with Crippen molar-refractivity contribution in [3.8, 4) is 0 Å². The van der Waals surface area contributed by atoms with Gasteiger partial charge in [0.05, 0.1) is 18.4 Å². The van der Waals surface area contributed by atoms with Crippen LogP contribution in [0.3, 0.4) is 0 Å². The van der Waals surface area contributed by atoms with Crippen LogP contribution in [0.2, 0.25) is 0 Å². The number of carbonyl (C=O) groups excluding carboxylic acids is 1. The van der Waals surface area contributed by atoms with E-state index in [9.17, 15) is 4.79 Å². The third-order valence-electron chi connectivity index (χ3n) is 2.85. The molecule has 7 nitrogen and oxygen atoms in total. The molecule has 1 fully saturated rings. The number of rotatable bonds is 4. The summed E-state index contributed by atoms with van der Waals surface area (Å²) in [4.78, 5) is 13.8. The molecule has 0 aliphatic carbocycles. The lowest BCUT2D eigenvalue weighted by Crippen LogP contribution is -2.45. The van der Waals surface area contributed by atoms with Crippen molar-refractivity contribution in [3.63, 3.8) is 0 Å². The van der Waals surface area contributed by atoms with E-state index in [1.807, 2.05) is 6.92 Å². The number of hydrogen-bond acceptors (Lipinski definition) is 5. The molecule has 1 aromatic heterocycles. The highest BCUT2D eigenvalue weighted by Crippen LogP contribution is 2.05. The van der Waals surface area contributed by atoms with Crippen molar-refractivity contribution in [1.29, 1.82) is 0 Å². The summed E-state index contributed by atoms with van der Waals surface area (Å²) in [5.74, 6) is 0.0191. The summed E-state index contributed by atoms with van der Waals surface area (Å²) < 4.78 is 6.90. The molecule has 1 aliphatic heterocycles. The fourth-order valence-corrected chi connectivity index (χ4v) is 1.93. The summed E-state index contributed by atoms with van der Waals surface area (Å²) in [6.07, 6.45) is 2.24. The van der Waals surface area contributed by atoms with Crippen LogP contribution in [0.5, 0.6) is 0 Å². The average molecular weight is 254 g/mol. The van der Waals surface area contributed by atoms with Gasteiger partial charge in [-0.25, -0.2) is 4.68 Å². The monoisotopic (exact) mass is 254 g/mol. The van der Waals surface area contributed by atoms with E-state index in [1.54, 1.807) is 11.1 Å². The lowest BCUT2D eigenvalue weighted by Gasteiger charge is -2.31. The van der Waals surface area contributed by atoms with Gasteiger partial charge < -0.3 is 14.7 Å². The molecule has 1 N–H and O–H groups in total. The van der Waals surface area contributed by atoms with Gasteiger partial charge in [0.15, 0.2) is 0 Å². The van der Waals surface area contributed by atoms with Crippen molar-refractivity contribution >= 4 is 5.91 Å². The van der Waals surface area contributed by atoms with Gasteiger partial charge >= 0.3 is 0 Å². The Morgan fingerprint density at radius 2 is 2.50 bits per heavy atom. The Hall–Kier alpha value is -1.47. The molecule has 100 valence electrons. The molecule has 1 aromatic rings. The highest BCUT2D eigenvalue weighted by atomic mass is 16.5. The van der Waals surface area contributed by atoms with Crippen LogP contribution in [0.25, 0.3) is 0 Å². The summed E-state index contributed by atoms with van der Waals surface area (Å²) in [6, 6.07) is 0. The van der Waals surface area contributed by atoms with E-state index in [-0.39, 0.29) is 25.2 Å². The largest absolute Gasteiger partial charge is 0.396 e. The minimum Gasteiger partial charge on any atom is -0.396 e. The van der Waals surface area contributed by atoms with Crippen LogP contribution >= 0.6 is 0 Å². The van der Waals surface area contributed by atoms with E-state index in [2.05, 4.69) is 10.3 Å². The number of morpholine rings is 1. The van der Waals surface area contributed by atoms with Crippen molar-refractivity contribution in [2.75, 3.05) is 26.3 Å². The average Bonchev–Trinajstić information content (AvgIpc) is 2.77. The van der Waals surface area contributed by atoms with Gasteiger partial charge in [0.25, 0.3) is 0 Å². The van der Waals surface area contributed by atoms with Crippen molar-refractivity contribution in [3.05, 3.63) is 11.9 Å². The van der Waals surface area contributed by atoms with Crippen LogP contribution in [-0.2, 0) is 22.5 Å². The van der Waals surface area contributed by atoms with Gasteiger partial charge in [-0.3, -0.25) is 4.79 Å². The number of nitrogens with zero attached hydrogens (tertiary/aromatic N) is 4. The zero-order valence-corrected chi connectivity index (χ0v) is 10.4. The summed E-state index contributed by atoms with van der Waals surface area (Å²) in [6.45, 7) is 4.01. The first kappa shape index (κ1) is 13.0. The number of carbonyl (C=O) groups is 1. The minimum atomic E-state index is 0.0191. The quantitative estimate of drug-likeness (QED) is 0.750. The van der Waals surface area contributed by atoms with E-state index < -0.39 is 0 Å². The van der Waals surface area contributed by atoms with Crippen molar-refractivity contribution in [1.82, 2.24) is 19.9 Å². The second kappa shape index (κ2) is 5.92. The standard InChI is InChI=1S/C11H18N4O3/c1-9-6-14(3-5-18-9)11(17)8-15-7-10(2-4-16)12-13-15/h7,9,16H,2-6,8H2,1H3. The number of aliphatic hydroxyl groups excluding tert-OH is 1. The molecule has 7 heteroatoms. The minimum absolute atomic E-state index is 0.0191. The van der Waals surface area contributed by atoms with E-state index in [1.165, 1.54) is 4.68 Å². The SMILES string of the molecule is CC1CN(C(=O)Cn2cc(CCO)nn2)CCO1. The molecule has 0 bridgehead atoms. The van der Waals surface area contributed by atoms with Crippen LogP contribution in [0, 0.1) is 0 Å². The van der Waals surface area contributed by atoms with Gasteiger partial charge in [0.1, 0.15) is 6.54 Å². The fraction of sp³-hybridized carbons (Fsp3) is 0.727. The number of ether oxygens (including phenoxy) is 1. The highest BCUT2D eigenvalue weighted by Gasteiger charge is 2.21. The van der Waals surface area contributed by atoms with Gasteiger partial charge in [-0.15, -0.1) is 5.10 Å². The van der Waals surface area contributed by atoms with Gasteiger partial charge in [-0.05, 0) is 6.92 Å². The van der Waals surface area contributed by atoms with E-state index in [0.29, 0.717) is 31.8 Å². The van der Waals surface area contributed by atoms with Crippen LogP contribution in [-0.4, -0.2) is 63.3 Å². The Morgan fingerprint density at radius 1 is 1.67 bits per heavy atom. The third-order valence-corrected chi connectivity index (χ3v) is 2.85. The lowest BCUT2D eigenvalue weighted by molar-refractivity contribution is -0.139. The van der Waals surface area contributed by atoms with Crippen LogP contribution < -0.4 is 0 Å². The molecule has 0 saturated carbocycles. The highest BCUT2D eigenvalue weighted by molar-refractivity contribution is 5.76. The van der Waals surface area contributed by atoms with Crippen LogP contribution in [0.15, 0.2) is 6.20 Å². The number of aliphatic hydroxyl groups is 1. The van der Waals surface area contributed by atoms with Gasteiger partial charge in [-0.2, -0.15) is 0 Å². The predicted molar refractivity (Wildman–Crippen MR) is 62.8 cm³/mol. The normalized spacial score (nSPS) is 20.1. The topological polar surface area (TPSA) is 80.5 Å². The number of aromatic nitrogens is 3. The van der Waals surface area contributed by atoms with E-state index >= 15 is 0 Å². The Morgan fingerprint density at radius 3 is 3.22 bits per heavy atom. The lowest BCUT2D eigenvalue weighted by atomic mass is 10.3. The predicted octanol–water partition coefficient (Wildman–Crippen LogP) is -0.940. The molecule has 1 saturated heterocycles. The third kappa shape index (κ3) is 3.27. The zero-order valence-electron chi connectivity index (χ0n) is 10.4. The van der Waals surface area contributed by atoms with Crippen LogP contribution in [0.4, 0.5) is 0 Å². The molecule has 1 aliphatic rings. The molecule has 1 unspecified atom stereocenters. The molecule has 1 amide bonds.